The summed E-state index contributed by atoms with van der Waals surface area (Å²) in [6.45, 7) is 3.31. The molecule has 0 unspecified atom stereocenters. The minimum Gasteiger partial charge on any atom is -0.493 e. The van der Waals surface area contributed by atoms with Gasteiger partial charge in [0.25, 0.3) is 5.91 Å². The standard InChI is InChI=1S/C18H20N4O3/c1-3-21(11-12-25-16-8-5-4-7-15(16)24-2)18(23)14-13-22-17(20-14)9-6-10-19-22/h4-10,13H,3,11-12H2,1-2H3. The smallest absolute Gasteiger partial charge is 0.274 e. The molecule has 0 fully saturated rings. The Morgan fingerprint density at radius 1 is 1.20 bits per heavy atom. The molecule has 0 bridgehead atoms. The van der Waals surface area contributed by atoms with Crippen LogP contribution in [0.1, 0.15) is 17.4 Å². The van der Waals surface area contributed by atoms with E-state index in [0.717, 1.165) is 0 Å². The lowest BCUT2D eigenvalue weighted by atomic mass is 10.3. The topological polar surface area (TPSA) is 69.0 Å². The zero-order chi connectivity index (χ0) is 17.6. The zero-order valence-electron chi connectivity index (χ0n) is 14.3. The normalized spacial score (nSPS) is 10.6. The van der Waals surface area contributed by atoms with E-state index >= 15 is 0 Å². The van der Waals surface area contributed by atoms with Crippen LogP contribution in [-0.4, -0.2) is 52.2 Å². The summed E-state index contributed by atoms with van der Waals surface area (Å²) in [6, 6.07) is 11.0. The predicted octanol–water partition coefficient (Wildman–Crippen LogP) is 2.28. The number of amides is 1. The molecule has 0 atom stereocenters. The van der Waals surface area contributed by atoms with Gasteiger partial charge in [0.1, 0.15) is 12.3 Å². The third-order valence-electron chi connectivity index (χ3n) is 3.81. The van der Waals surface area contributed by atoms with Gasteiger partial charge < -0.3 is 14.4 Å². The summed E-state index contributed by atoms with van der Waals surface area (Å²) in [4.78, 5) is 18.7. The minimum atomic E-state index is -0.142. The van der Waals surface area contributed by atoms with E-state index in [-0.39, 0.29) is 5.91 Å². The number of aromatic nitrogens is 3. The van der Waals surface area contributed by atoms with Crippen LogP contribution in [0.25, 0.3) is 5.65 Å². The van der Waals surface area contributed by atoms with Crippen molar-refractivity contribution in [3.05, 3.63) is 54.5 Å². The van der Waals surface area contributed by atoms with Crippen LogP contribution in [0.5, 0.6) is 11.5 Å². The summed E-state index contributed by atoms with van der Waals surface area (Å²) < 4.78 is 12.6. The van der Waals surface area contributed by atoms with E-state index in [1.807, 2.05) is 37.3 Å². The van der Waals surface area contributed by atoms with Gasteiger partial charge in [0.2, 0.25) is 0 Å². The van der Waals surface area contributed by atoms with Crippen molar-refractivity contribution < 1.29 is 14.3 Å². The average Bonchev–Trinajstić information content (AvgIpc) is 3.09. The Morgan fingerprint density at radius 3 is 2.72 bits per heavy atom. The second kappa shape index (κ2) is 7.65. The highest BCUT2D eigenvalue weighted by Crippen LogP contribution is 2.25. The molecule has 25 heavy (non-hydrogen) atoms. The van der Waals surface area contributed by atoms with Gasteiger partial charge in [-0.1, -0.05) is 12.1 Å². The summed E-state index contributed by atoms with van der Waals surface area (Å²) in [6.07, 6.45) is 3.29. The Labute approximate surface area is 145 Å². The Bertz CT molecular complexity index is 829. The second-order valence-electron chi connectivity index (χ2n) is 5.34. The van der Waals surface area contributed by atoms with Gasteiger partial charge in [0.05, 0.1) is 19.9 Å². The number of para-hydroxylation sites is 2. The van der Waals surface area contributed by atoms with Crippen LogP contribution in [-0.2, 0) is 0 Å². The summed E-state index contributed by atoms with van der Waals surface area (Å²) in [5, 5.41) is 4.14. The highest BCUT2D eigenvalue weighted by atomic mass is 16.5. The van der Waals surface area contributed by atoms with Crippen molar-refractivity contribution >= 4 is 11.6 Å². The molecule has 0 aliphatic carbocycles. The zero-order valence-corrected chi connectivity index (χ0v) is 14.3. The Hall–Kier alpha value is -3.09. The van der Waals surface area contributed by atoms with Gasteiger partial charge in [0, 0.05) is 12.7 Å². The number of methoxy groups -OCH3 is 1. The van der Waals surface area contributed by atoms with E-state index in [1.165, 1.54) is 0 Å². The van der Waals surface area contributed by atoms with Crippen LogP contribution in [0, 0.1) is 0 Å². The number of likely N-dealkylation sites (N-methyl/N-ethyl adjacent to an activating group) is 1. The molecule has 1 aromatic carbocycles. The molecule has 130 valence electrons. The monoisotopic (exact) mass is 340 g/mol. The van der Waals surface area contributed by atoms with Crippen molar-refractivity contribution in [3.8, 4) is 11.5 Å². The van der Waals surface area contributed by atoms with Crippen LogP contribution in [0.2, 0.25) is 0 Å². The molecule has 2 heterocycles. The van der Waals surface area contributed by atoms with Crippen molar-refractivity contribution in [2.24, 2.45) is 0 Å². The second-order valence-corrected chi connectivity index (χ2v) is 5.34. The molecule has 1 amide bonds. The van der Waals surface area contributed by atoms with E-state index in [0.29, 0.717) is 42.5 Å². The fraction of sp³-hybridized carbons (Fsp3) is 0.278. The molecule has 0 aliphatic rings. The molecule has 0 aliphatic heterocycles. The van der Waals surface area contributed by atoms with Gasteiger partial charge in [-0.2, -0.15) is 5.10 Å². The van der Waals surface area contributed by atoms with Crippen molar-refractivity contribution in [2.75, 3.05) is 26.8 Å². The first-order valence-electron chi connectivity index (χ1n) is 8.08. The van der Waals surface area contributed by atoms with Crippen LogP contribution >= 0.6 is 0 Å². The van der Waals surface area contributed by atoms with Gasteiger partial charge in [-0.3, -0.25) is 4.79 Å². The molecule has 0 N–H and O–H groups in total. The number of fused-ring (bicyclic) bond motifs is 1. The number of hydrogen-bond acceptors (Lipinski definition) is 5. The van der Waals surface area contributed by atoms with Gasteiger partial charge in [0.15, 0.2) is 17.1 Å². The van der Waals surface area contributed by atoms with E-state index in [1.54, 1.807) is 35.0 Å². The van der Waals surface area contributed by atoms with Crippen LogP contribution in [0.3, 0.4) is 0 Å². The van der Waals surface area contributed by atoms with E-state index < -0.39 is 0 Å². The first-order valence-corrected chi connectivity index (χ1v) is 8.08. The van der Waals surface area contributed by atoms with Crippen LogP contribution in [0.4, 0.5) is 0 Å². The summed E-state index contributed by atoms with van der Waals surface area (Å²) in [7, 11) is 1.60. The molecule has 0 saturated heterocycles. The lowest BCUT2D eigenvalue weighted by Crippen LogP contribution is -2.34. The predicted molar refractivity (Wildman–Crippen MR) is 93.1 cm³/mol. The number of carbonyl (C=O) groups is 1. The van der Waals surface area contributed by atoms with Gasteiger partial charge >= 0.3 is 0 Å². The largest absolute Gasteiger partial charge is 0.493 e. The Morgan fingerprint density at radius 2 is 2.00 bits per heavy atom. The lowest BCUT2D eigenvalue weighted by Gasteiger charge is -2.20. The van der Waals surface area contributed by atoms with Gasteiger partial charge in [-0.25, -0.2) is 9.50 Å². The van der Waals surface area contributed by atoms with Crippen molar-refractivity contribution in [1.82, 2.24) is 19.5 Å². The first kappa shape index (κ1) is 16.8. The molecule has 7 heteroatoms. The molecular formula is C18H20N4O3. The molecule has 7 nitrogen and oxygen atoms in total. The third kappa shape index (κ3) is 3.71. The Balaban J connectivity index is 1.64. The van der Waals surface area contributed by atoms with Crippen LogP contribution < -0.4 is 9.47 Å². The third-order valence-corrected chi connectivity index (χ3v) is 3.81. The number of benzene rings is 1. The maximum Gasteiger partial charge on any atom is 0.274 e. The molecular weight excluding hydrogens is 320 g/mol. The fourth-order valence-corrected chi connectivity index (χ4v) is 2.50. The van der Waals surface area contributed by atoms with E-state index in [9.17, 15) is 4.79 Å². The maximum absolute atomic E-state index is 12.7. The van der Waals surface area contributed by atoms with Crippen LogP contribution in [0.15, 0.2) is 48.8 Å². The molecule has 0 spiro atoms. The maximum atomic E-state index is 12.7. The number of hydrogen-bond donors (Lipinski definition) is 0. The molecule has 2 aromatic heterocycles. The fourth-order valence-electron chi connectivity index (χ4n) is 2.50. The minimum absolute atomic E-state index is 0.142. The number of nitrogens with zero attached hydrogens (tertiary/aromatic N) is 4. The molecule has 0 saturated carbocycles. The summed E-state index contributed by atoms with van der Waals surface area (Å²) in [5.41, 5.74) is 1.02. The number of imidazole rings is 1. The molecule has 3 rings (SSSR count). The number of rotatable bonds is 7. The highest BCUT2D eigenvalue weighted by molar-refractivity contribution is 5.92. The molecule has 3 aromatic rings. The number of carbonyl (C=O) groups excluding carboxylic acids is 1. The lowest BCUT2D eigenvalue weighted by molar-refractivity contribution is 0.0734. The van der Waals surface area contributed by atoms with Gasteiger partial charge in [-0.05, 0) is 31.2 Å². The summed E-state index contributed by atoms with van der Waals surface area (Å²) in [5.74, 6) is 1.19. The van der Waals surface area contributed by atoms with Gasteiger partial charge in [-0.15, -0.1) is 0 Å². The van der Waals surface area contributed by atoms with Crippen molar-refractivity contribution in [1.29, 1.82) is 0 Å². The van der Waals surface area contributed by atoms with E-state index in [4.69, 9.17) is 9.47 Å². The van der Waals surface area contributed by atoms with E-state index in [2.05, 4.69) is 10.1 Å². The Kier molecular flexibility index (Phi) is 5.13. The van der Waals surface area contributed by atoms with Crippen molar-refractivity contribution in [3.63, 3.8) is 0 Å². The van der Waals surface area contributed by atoms with Crippen molar-refractivity contribution in [2.45, 2.75) is 6.92 Å². The first-order chi connectivity index (χ1) is 12.2. The number of ether oxygens (including phenoxy) is 2. The highest BCUT2D eigenvalue weighted by Gasteiger charge is 2.18. The average molecular weight is 340 g/mol. The summed E-state index contributed by atoms with van der Waals surface area (Å²) >= 11 is 0. The quantitative estimate of drug-likeness (QED) is 0.660. The SMILES string of the molecule is CCN(CCOc1ccccc1OC)C(=O)c1cn2ncccc2n1. The molecule has 0 radical (unpaired) electrons.